The fourth-order valence-corrected chi connectivity index (χ4v) is 1.54. The summed E-state index contributed by atoms with van der Waals surface area (Å²) < 4.78 is 0. The number of nitrogens with one attached hydrogen (secondary N) is 2. The van der Waals surface area contributed by atoms with Crippen LogP contribution >= 0.6 is 0 Å². The second-order valence-electron chi connectivity index (χ2n) is 4.71. The Morgan fingerprint density at radius 2 is 1.89 bits per heavy atom. The van der Waals surface area contributed by atoms with E-state index in [9.17, 15) is 0 Å². The molecule has 0 aromatic carbocycles. The van der Waals surface area contributed by atoms with Crippen molar-refractivity contribution in [2.45, 2.75) is 26.2 Å². The van der Waals surface area contributed by atoms with Crippen molar-refractivity contribution in [1.29, 1.82) is 0 Å². The average Bonchev–Trinajstić information content (AvgIpc) is 3.26. The zero-order valence-corrected chi connectivity index (χ0v) is 11.8. The van der Waals surface area contributed by atoms with Gasteiger partial charge in [0.05, 0.1) is 7.11 Å². The van der Waals surface area contributed by atoms with E-state index in [1.807, 2.05) is 0 Å². The predicted octanol–water partition coefficient (Wildman–Crippen LogP) is 1.51. The van der Waals surface area contributed by atoms with Crippen LogP contribution in [0.1, 0.15) is 26.2 Å². The quantitative estimate of drug-likeness (QED) is 0.691. The highest BCUT2D eigenvalue weighted by atomic mass is 16.7. The van der Waals surface area contributed by atoms with Gasteiger partial charge in [-0.1, -0.05) is 6.92 Å². The standard InChI is InChI=1S/C12H22N6O/c1-4-7-13-10-15-11(14-8-9-5-6-9)17-12(16-10)18(2)19-3/h9H,4-8H2,1-3H3,(H2,13,14,15,16,17). The molecule has 0 spiro atoms. The minimum absolute atomic E-state index is 0.495. The molecular formula is C12H22N6O. The van der Waals surface area contributed by atoms with Crippen LogP contribution in [0.4, 0.5) is 17.8 Å². The smallest absolute Gasteiger partial charge is 0.256 e. The monoisotopic (exact) mass is 266 g/mol. The molecule has 7 nitrogen and oxygen atoms in total. The first-order valence-electron chi connectivity index (χ1n) is 6.74. The molecule has 1 aromatic rings. The molecule has 1 aliphatic carbocycles. The number of hydroxylamine groups is 1. The van der Waals surface area contributed by atoms with Gasteiger partial charge in [0.25, 0.3) is 5.95 Å². The molecule has 1 aromatic heterocycles. The fraction of sp³-hybridized carbons (Fsp3) is 0.750. The Kier molecular flexibility index (Phi) is 4.73. The van der Waals surface area contributed by atoms with Gasteiger partial charge < -0.3 is 10.6 Å². The largest absolute Gasteiger partial charge is 0.354 e. The lowest BCUT2D eigenvalue weighted by Gasteiger charge is -2.15. The first-order chi connectivity index (χ1) is 9.22. The van der Waals surface area contributed by atoms with Crippen LogP contribution in [0.2, 0.25) is 0 Å². The number of nitrogens with zero attached hydrogens (tertiary/aromatic N) is 4. The van der Waals surface area contributed by atoms with Crippen molar-refractivity contribution in [2.24, 2.45) is 5.92 Å². The minimum Gasteiger partial charge on any atom is -0.354 e. The Hall–Kier alpha value is -1.63. The second kappa shape index (κ2) is 6.51. The summed E-state index contributed by atoms with van der Waals surface area (Å²) in [6, 6.07) is 0. The zero-order valence-electron chi connectivity index (χ0n) is 11.8. The van der Waals surface area contributed by atoms with Crippen LogP contribution < -0.4 is 15.7 Å². The third-order valence-corrected chi connectivity index (χ3v) is 2.96. The van der Waals surface area contributed by atoms with Crippen LogP contribution in [-0.4, -0.2) is 42.2 Å². The predicted molar refractivity (Wildman–Crippen MR) is 75.2 cm³/mol. The van der Waals surface area contributed by atoms with E-state index in [4.69, 9.17) is 4.84 Å². The van der Waals surface area contributed by atoms with E-state index >= 15 is 0 Å². The van der Waals surface area contributed by atoms with Gasteiger partial charge in [0.15, 0.2) is 0 Å². The van der Waals surface area contributed by atoms with Gasteiger partial charge >= 0.3 is 0 Å². The highest BCUT2D eigenvalue weighted by molar-refractivity contribution is 5.42. The molecule has 0 aliphatic heterocycles. The van der Waals surface area contributed by atoms with Crippen LogP contribution in [0.25, 0.3) is 0 Å². The van der Waals surface area contributed by atoms with Crippen LogP contribution in [0.15, 0.2) is 0 Å². The van der Waals surface area contributed by atoms with Crippen LogP contribution in [0.3, 0.4) is 0 Å². The van der Waals surface area contributed by atoms with Crippen molar-refractivity contribution in [3.8, 4) is 0 Å². The lowest BCUT2D eigenvalue weighted by molar-refractivity contribution is 0.180. The van der Waals surface area contributed by atoms with Gasteiger partial charge in [0, 0.05) is 20.1 Å². The summed E-state index contributed by atoms with van der Waals surface area (Å²) in [4.78, 5) is 18.1. The molecule has 0 saturated heterocycles. The molecule has 2 N–H and O–H groups in total. The molecule has 1 aliphatic rings. The summed E-state index contributed by atoms with van der Waals surface area (Å²) in [5.74, 6) is 2.44. The average molecular weight is 266 g/mol. The minimum atomic E-state index is 0.495. The fourth-order valence-electron chi connectivity index (χ4n) is 1.54. The van der Waals surface area contributed by atoms with Gasteiger partial charge in [-0.3, -0.25) is 4.84 Å². The summed E-state index contributed by atoms with van der Waals surface area (Å²) in [5, 5.41) is 7.95. The Morgan fingerprint density at radius 3 is 2.47 bits per heavy atom. The van der Waals surface area contributed by atoms with Crippen LogP contribution in [0, 0.1) is 5.92 Å². The molecule has 0 amide bonds. The molecule has 106 valence electrons. The van der Waals surface area contributed by atoms with Crippen molar-refractivity contribution in [3.05, 3.63) is 0 Å². The number of anilines is 3. The molecule has 1 heterocycles. The van der Waals surface area contributed by atoms with Gasteiger partial charge in [-0.2, -0.15) is 15.0 Å². The summed E-state index contributed by atoms with van der Waals surface area (Å²) in [6.07, 6.45) is 3.61. The molecule has 1 fully saturated rings. The topological polar surface area (TPSA) is 75.2 Å². The van der Waals surface area contributed by atoms with E-state index in [0.29, 0.717) is 17.8 Å². The van der Waals surface area contributed by atoms with Gasteiger partial charge in [-0.25, -0.2) is 5.06 Å². The molecule has 0 atom stereocenters. The molecule has 7 heteroatoms. The SMILES string of the molecule is CCCNc1nc(NCC2CC2)nc(N(C)OC)n1. The van der Waals surface area contributed by atoms with Gasteiger partial charge in [-0.15, -0.1) is 0 Å². The number of hydrogen-bond donors (Lipinski definition) is 2. The summed E-state index contributed by atoms with van der Waals surface area (Å²) in [5.41, 5.74) is 0. The Bertz CT molecular complexity index is 409. The molecule has 0 unspecified atom stereocenters. The maximum atomic E-state index is 5.11. The van der Waals surface area contributed by atoms with Gasteiger partial charge in [0.1, 0.15) is 0 Å². The molecule has 1 saturated carbocycles. The molecule has 0 radical (unpaired) electrons. The maximum Gasteiger partial charge on any atom is 0.256 e. The van der Waals surface area contributed by atoms with Crippen molar-refractivity contribution in [1.82, 2.24) is 15.0 Å². The van der Waals surface area contributed by atoms with E-state index in [-0.39, 0.29) is 0 Å². The Balaban J connectivity index is 2.09. The summed E-state index contributed by atoms with van der Waals surface area (Å²) in [7, 11) is 3.35. The third-order valence-electron chi connectivity index (χ3n) is 2.96. The van der Waals surface area contributed by atoms with Crippen molar-refractivity contribution in [2.75, 3.05) is 42.9 Å². The number of rotatable bonds is 8. The number of hydrogen-bond acceptors (Lipinski definition) is 7. The summed E-state index contributed by atoms with van der Waals surface area (Å²) in [6.45, 7) is 3.86. The Labute approximate surface area is 113 Å². The molecular weight excluding hydrogens is 244 g/mol. The van der Waals surface area contributed by atoms with Crippen molar-refractivity contribution >= 4 is 17.8 Å². The van der Waals surface area contributed by atoms with Crippen molar-refractivity contribution in [3.63, 3.8) is 0 Å². The lowest BCUT2D eigenvalue weighted by Crippen LogP contribution is -2.21. The zero-order chi connectivity index (χ0) is 13.7. The Morgan fingerprint density at radius 1 is 1.21 bits per heavy atom. The normalized spacial score (nSPS) is 14.3. The number of aromatic nitrogens is 3. The van der Waals surface area contributed by atoms with E-state index in [1.54, 1.807) is 14.2 Å². The van der Waals surface area contributed by atoms with Crippen LogP contribution in [0.5, 0.6) is 0 Å². The third kappa shape index (κ3) is 4.20. The second-order valence-corrected chi connectivity index (χ2v) is 4.71. The van der Waals surface area contributed by atoms with Gasteiger partial charge in [0.2, 0.25) is 11.9 Å². The highest BCUT2D eigenvalue weighted by Crippen LogP contribution is 2.28. The molecule has 19 heavy (non-hydrogen) atoms. The first kappa shape index (κ1) is 13.8. The van der Waals surface area contributed by atoms with E-state index < -0.39 is 0 Å². The van der Waals surface area contributed by atoms with Crippen LogP contribution in [-0.2, 0) is 4.84 Å². The lowest BCUT2D eigenvalue weighted by atomic mass is 10.4. The molecule has 0 bridgehead atoms. The molecule has 2 rings (SSSR count). The highest BCUT2D eigenvalue weighted by Gasteiger charge is 2.21. The van der Waals surface area contributed by atoms with E-state index in [1.165, 1.54) is 17.9 Å². The summed E-state index contributed by atoms with van der Waals surface area (Å²) >= 11 is 0. The first-order valence-corrected chi connectivity index (χ1v) is 6.74. The van der Waals surface area contributed by atoms with Crippen molar-refractivity contribution < 1.29 is 4.84 Å². The van der Waals surface area contributed by atoms with E-state index in [2.05, 4.69) is 32.5 Å². The van der Waals surface area contributed by atoms with E-state index in [0.717, 1.165) is 25.4 Å². The van der Waals surface area contributed by atoms with Gasteiger partial charge in [-0.05, 0) is 25.2 Å². The maximum absolute atomic E-state index is 5.11.